The predicted molar refractivity (Wildman–Crippen MR) is 225 cm³/mol. The first-order chi connectivity index (χ1) is 30.1. The molecule has 8 rings (SSSR count). The topological polar surface area (TPSA) is 367 Å². The third-order valence-corrected chi connectivity index (χ3v) is 11.5. The van der Waals surface area contributed by atoms with Crippen LogP contribution in [0.2, 0.25) is 0 Å². The summed E-state index contributed by atoms with van der Waals surface area (Å²) in [5.74, 6) is -27.1. The summed E-state index contributed by atoms with van der Waals surface area (Å²) in [6, 6.07) is 19.5. The Bertz CT molecular complexity index is 2930. The molecule has 328 valence electrons. The number of anilines is 3. The number of hydrogen-bond acceptors (Lipinski definition) is 19. The summed E-state index contributed by atoms with van der Waals surface area (Å²) >= 11 is 0. The van der Waals surface area contributed by atoms with Crippen LogP contribution in [-0.4, -0.2) is 91.9 Å². The van der Waals surface area contributed by atoms with Gasteiger partial charge in [0.05, 0.1) is 22.3 Å². The third-order valence-electron chi connectivity index (χ3n) is 11.5. The lowest BCUT2D eigenvalue weighted by Gasteiger charge is -2.31. The Morgan fingerprint density at radius 2 is 0.625 bits per heavy atom. The number of rotatable bonds is 6. The zero-order chi connectivity index (χ0) is 46.8. The highest BCUT2D eigenvalue weighted by atomic mass is 16.4. The van der Waals surface area contributed by atoms with Gasteiger partial charge in [0.2, 0.25) is 34.5 Å². The van der Waals surface area contributed by atoms with E-state index in [0.717, 1.165) is 22.3 Å². The Labute approximate surface area is 358 Å². The molecule has 0 heterocycles. The fourth-order valence-corrected chi connectivity index (χ4v) is 8.16. The smallest absolute Gasteiger partial charge is 0.208 e. The molecule has 7 aromatic rings. The van der Waals surface area contributed by atoms with Gasteiger partial charge in [0.1, 0.15) is 11.4 Å². The Balaban J connectivity index is 1.44. The highest BCUT2D eigenvalue weighted by Crippen LogP contribution is 2.68. The maximum atomic E-state index is 11.8. The van der Waals surface area contributed by atoms with Gasteiger partial charge in [-0.25, -0.2) is 0 Å². The van der Waals surface area contributed by atoms with Crippen molar-refractivity contribution in [2.45, 2.75) is 19.3 Å². The summed E-state index contributed by atoms with van der Waals surface area (Å²) in [7, 11) is 0. The van der Waals surface area contributed by atoms with Gasteiger partial charge in [-0.15, -0.1) is 0 Å². The number of phenols is 18. The van der Waals surface area contributed by atoms with Gasteiger partial charge in [0.15, 0.2) is 69.0 Å². The molecular formula is C45H35NO18. The van der Waals surface area contributed by atoms with E-state index in [1.165, 1.54) is 12.1 Å². The van der Waals surface area contributed by atoms with Crippen molar-refractivity contribution in [3.63, 3.8) is 0 Å². The molecule has 0 bridgehead atoms. The van der Waals surface area contributed by atoms with Crippen molar-refractivity contribution in [2.75, 3.05) is 4.90 Å². The van der Waals surface area contributed by atoms with Gasteiger partial charge >= 0.3 is 0 Å². The molecule has 0 spiro atoms. The minimum absolute atomic E-state index is 0.298. The van der Waals surface area contributed by atoms with Crippen molar-refractivity contribution in [3.8, 4) is 148 Å². The molecule has 19 heteroatoms. The minimum atomic E-state index is -1.55. The molecule has 19 nitrogen and oxygen atoms in total. The average Bonchev–Trinajstić information content (AvgIpc) is 3.51. The van der Waals surface area contributed by atoms with Gasteiger partial charge in [-0.2, -0.15) is 0 Å². The van der Waals surface area contributed by atoms with E-state index in [2.05, 4.69) is 0 Å². The average molecular weight is 878 g/mol. The molecule has 0 aliphatic heterocycles. The van der Waals surface area contributed by atoms with E-state index in [0.29, 0.717) is 16.0 Å². The Morgan fingerprint density at radius 1 is 0.312 bits per heavy atom. The number of nitrogens with zero attached hydrogens (tertiary/aromatic N) is 1. The van der Waals surface area contributed by atoms with E-state index < -0.39 is 143 Å². The van der Waals surface area contributed by atoms with Gasteiger partial charge < -0.3 is 91.9 Å². The van der Waals surface area contributed by atoms with Gasteiger partial charge in [0, 0.05) is 11.1 Å². The Kier molecular flexibility index (Phi) is 9.00. The van der Waals surface area contributed by atoms with Crippen LogP contribution >= 0.6 is 0 Å². The second-order valence-electron chi connectivity index (χ2n) is 15.3. The van der Waals surface area contributed by atoms with Gasteiger partial charge in [-0.3, -0.25) is 4.90 Å². The highest BCUT2D eigenvalue weighted by molar-refractivity contribution is 6.03. The molecule has 0 aromatic heterocycles. The van der Waals surface area contributed by atoms with E-state index in [1.54, 1.807) is 6.07 Å². The lowest BCUT2D eigenvalue weighted by Crippen LogP contribution is -2.17. The molecule has 1 aliphatic rings. The molecule has 0 saturated heterocycles. The molecule has 0 unspecified atom stereocenters. The lowest BCUT2D eigenvalue weighted by molar-refractivity contribution is 0.329. The first-order valence-corrected chi connectivity index (χ1v) is 18.6. The maximum absolute atomic E-state index is 11.8. The zero-order valence-corrected chi connectivity index (χ0v) is 32.8. The first kappa shape index (κ1) is 41.5. The van der Waals surface area contributed by atoms with Crippen molar-refractivity contribution in [1.29, 1.82) is 0 Å². The summed E-state index contributed by atoms with van der Waals surface area (Å²) in [6.45, 7) is 3.71. The second kappa shape index (κ2) is 13.9. The second-order valence-corrected chi connectivity index (χ2v) is 15.3. The number of fused-ring (bicyclic) bond motifs is 3. The van der Waals surface area contributed by atoms with Crippen LogP contribution in [-0.2, 0) is 5.41 Å². The molecule has 0 fully saturated rings. The number of aromatic hydroxyl groups is 18. The van der Waals surface area contributed by atoms with Crippen molar-refractivity contribution in [3.05, 3.63) is 77.9 Å². The fraction of sp³-hybridized carbons (Fsp3) is 0.0667. The molecule has 0 radical (unpaired) electrons. The molecule has 0 amide bonds. The van der Waals surface area contributed by atoms with Crippen LogP contribution in [0, 0.1) is 0 Å². The predicted octanol–water partition coefficient (Wildman–Crippen LogP) is 7.16. The van der Waals surface area contributed by atoms with Crippen LogP contribution in [0.15, 0.2) is 66.7 Å². The Morgan fingerprint density at radius 3 is 1.00 bits per heavy atom. The number of phenolic OH excluding ortho intramolecular Hbond substituents is 18. The van der Waals surface area contributed by atoms with Gasteiger partial charge in [-0.05, 0) is 51.6 Å². The van der Waals surface area contributed by atoms with Gasteiger partial charge in [0.25, 0.3) is 0 Å². The molecule has 64 heavy (non-hydrogen) atoms. The van der Waals surface area contributed by atoms with Crippen molar-refractivity contribution < 1.29 is 91.9 Å². The molecule has 7 aromatic carbocycles. The van der Waals surface area contributed by atoms with Crippen LogP contribution in [0.5, 0.6) is 103 Å². The standard InChI is InChI=1S/C45H35NO18/c1-45(2)19-12-15(14-6-4-3-5-7-14)8-10-17(19)18-11-9-16(13-20(18)45)46(25-35(55)27(47)21(28(48)36(25)56)23-31(51)39(59)43(63)40(60)32(23)52)26-37(57)29(49)22(30(50)38(26)58)24-33(53)41(61)44(64)42(62)34(24)54/h3-13,47-64H,1-2H3. The zero-order valence-electron chi connectivity index (χ0n) is 32.8. The lowest BCUT2D eigenvalue weighted by atomic mass is 9.81. The molecule has 18 N–H and O–H groups in total. The molecule has 0 saturated carbocycles. The summed E-state index contributed by atoms with van der Waals surface area (Å²) in [5.41, 5.74) is -4.07. The van der Waals surface area contributed by atoms with Crippen LogP contribution in [0.1, 0.15) is 25.0 Å². The summed E-state index contributed by atoms with van der Waals surface area (Å²) < 4.78 is 0. The van der Waals surface area contributed by atoms with E-state index in [4.69, 9.17) is 0 Å². The molecule has 1 aliphatic carbocycles. The molecule has 0 atom stereocenters. The fourth-order valence-electron chi connectivity index (χ4n) is 8.16. The number of hydrogen-bond donors (Lipinski definition) is 18. The maximum Gasteiger partial charge on any atom is 0.208 e. The van der Waals surface area contributed by atoms with E-state index in [-0.39, 0.29) is 5.69 Å². The molecular weight excluding hydrogens is 842 g/mol. The normalized spacial score (nSPS) is 12.5. The van der Waals surface area contributed by atoms with E-state index in [9.17, 15) is 91.9 Å². The van der Waals surface area contributed by atoms with Crippen LogP contribution in [0.3, 0.4) is 0 Å². The van der Waals surface area contributed by atoms with E-state index >= 15 is 0 Å². The Hall–Kier alpha value is -9.26. The third kappa shape index (κ3) is 5.46. The largest absolute Gasteiger partial charge is 0.504 e. The quantitative estimate of drug-likeness (QED) is 0.0581. The van der Waals surface area contributed by atoms with E-state index in [1.807, 2.05) is 62.4 Å². The van der Waals surface area contributed by atoms with Crippen molar-refractivity contribution in [1.82, 2.24) is 0 Å². The van der Waals surface area contributed by atoms with Crippen molar-refractivity contribution >= 4 is 17.1 Å². The highest BCUT2D eigenvalue weighted by Gasteiger charge is 2.41. The summed E-state index contributed by atoms with van der Waals surface area (Å²) in [4.78, 5) is 0.507. The first-order valence-electron chi connectivity index (χ1n) is 18.6. The monoisotopic (exact) mass is 877 g/mol. The summed E-state index contributed by atoms with van der Waals surface area (Å²) in [6.07, 6.45) is 0. The van der Waals surface area contributed by atoms with Crippen molar-refractivity contribution in [2.24, 2.45) is 0 Å². The minimum Gasteiger partial charge on any atom is -0.504 e. The van der Waals surface area contributed by atoms with Crippen LogP contribution < -0.4 is 4.90 Å². The van der Waals surface area contributed by atoms with Crippen LogP contribution in [0.25, 0.3) is 44.5 Å². The SMILES string of the molecule is CC1(C)c2cc(-c3ccccc3)ccc2-c2ccc(N(c3c(O)c(O)c(-c4c(O)c(O)c(O)c(O)c4O)c(O)c3O)c3c(O)c(O)c(-c4c(O)c(O)c(O)c(O)c4O)c(O)c3O)cc21. The number of benzene rings is 7. The summed E-state index contributed by atoms with van der Waals surface area (Å²) in [5, 5.41) is 196. The van der Waals surface area contributed by atoms with Gasteiger partial charge in [-0.1, -0.05) is 62.4 Å². The van der Waals surface area contributed by atoms with Crippen LogP contribution in [0.4, 0.5) is 17.1 Å².